The lowest BCUT2D eigenvalue weighted by Gasteiger charge is -2.06. The Morgan fingerprint density at radius 3 is 1.13 bits per heavy atom. The molecule has 0 radical (unpaired) electrons. The van der Waals surface area contributed by atoms with Crippen molar-refractivity contribution in [2.45, 2.75) is 168 Å². The van der Waals surface area contributed by atoms with Crippen molar-refractivity contribution in [2.75, 3.05) is 0 Å². The predicted molar refractivity (Wildman–Crippen MR) is 168 cm³/mol. The molecule has 0 saturated carbocycles. The quantitative estimate of drug-likeness (QED) is 0.122. The fourth-order valence-electron chi connectivity index (χ4n) is 5.44. The molecule has 0 fully saturated rings. The van der Waals surface area contributed by atoms with Crippen molar-refractivity contribution in [3.63, 3.8) is 0 Å². The average Bonchev–Trinajstić information content (AvgIpc) is 2.95. The molecule has 0 bridgehead atoms. The first-order valence-electron chi connectivity index (χ1n) is 16.7. The van der Waals surface area contributed by atoms with Crippen LogP contribution in [0.2, 0.25) is 0 Å². The summed E-state index contributed by atoms with van der Waals surface area (Å²) in [6.07, 6.45) is 37.1. The Kier molecular flexibility index (Phi) is 19.9. The lowest BCUT2D eigenvalue weighted by molar-refractivity contribution is 0.549. The van der Waals surface area contributed by atoms with E-state index in [1.807, 2.05) is 12.4 Å². The van der Waals surface area contributed by atoms with E-state index in [1.54, 1.807) is 0 Å². The second-order valence-corrected chi connectivity index (χ2v) is 11.7. The van der Waals surface area contributed by atoms with Gasteiger partial charge in [0.2, 0.25) is 0 Å². The number of unbranched alkanes of at least 4 members (excludes halogenated alkanes) is 20. The fourth-order valence-corrected chi connectivity index (χ4v) is 5.44. The molecule has 2 heteroatoms. The van der Waals surface area contributed by atoms with Gasteiger partial charge in [-0.1, -0.05) is 167 Å². The second kappa shape index (κ2) is 23.2. The molecule has 0 atom stereocenters. The van der Waals surface area contributed by atoms with Gasteiger partial charge in [0, 0.05) is 18.0 Å². The first-order valence-corrected chi connectivity index (χ1v) is 16.7. The lowest BCUT2D eigenvalue weighted by Crippen LogP contribution is -1.94. The molecular formula is C36H60N2. The van der Waals surface area contributed by atoms with Crippen LogP contribution in [0.25, 0.3) is 11.4 Å². The zero-order chi connectivity index (χ0) is 26.9. The van der Waals surface area contributed by atoms with Crippen LogP contribution in [0.4, 0.5) is 0 Å². The SMILES string of the molecule is CCCCCCCCCCCCCc1ccc(-c2ncc(CCCCCCCCCCCCC)cn2)cc1. The number of aromatic nitrogens is 2. The topological polar surface area (TPSA) is 25.8 Å². The molecular weight excluding hydrogens is 460 g/mol. The number of aryl methyl sites for hydroxylation is 2. The van der Waals surface area contributed by atoms with E-state index in [0.717, 1.165) is 17.8 Å². The van der Waals surface area contributed by atoms with E-state index in [9.17, 15) is 0 Å². The van der Waals surface area contributed by atoms with Gasteiger partial charge in [0.05, 0.1) is 0 Å². The Hall–Kier alpha value is -1.70. The van der Waals surface area contributed by atoms with E-state index in [2.05, 4.69) is 48.1 Å². The Balaban J connectivity index is 1.50. The minimum Gasteiger partial charge on any atom is -0.236 e. The molecule has 214 valence electrons. The molecule has 2 nitrogen and oxygen atoms in total. The molecule has 0 unspecified atom stereocenters. The molecule has 2 aromatic rings. The molecule has 0 amide bonds. The van der Waals surface area contributed by atoms with Crippen molar-refractivity contribution < 1.29 is 0 Å². The van der Waals surface area contributed by atoms with E-state index >= 15 is 0 Å². The zero-order valence-electron chi connectivity index (χ0n) is 25.3. The second-order valence-electron chi connectivity index (χ2n) is 11.7. The summed E-state index contributed by atoms with van der Waals surface area (Å²) in [4.78, 5) is 9.34. The molecule has 0 spiro atoms. The van der Waals surface area contributed by atoms with Gasteiger partial charge in [-0.15, -0.1) is 0 Å². The molecule has 0 aliphatic heterocycles. The van der Waals surface area contributed by atoms with Crippen LogP contribution >= 0.6 is 0 Å². The third-order valence-electron chi connectivity index (χ3n) is 8.06. The van der Waals surface area contributed by atoms with Gasteiger partial charge in [-0.2, -0.15) is 0 Å². The normalized spacial score (nSPS) is 11.3. The van der Waals surface area contributed by atoms with Crippen LogP contribution in [-0.4, -0.2) is 9.97 Å². The molecule has 0 aliphatic rings. The van der Waals surface area contributed by atoms with Crippen LogP contribution < -0.4 is 0 Å². The van der Waals surface area contributed by atoms with E-state index in [4.69, 9.17) is 0 Å². The molecule has 0 N–H and O–H groups in total. The van der Waals surface area contributed by atoms with Crippen molar-refractivity contribution >= 4 is 0 Å². The Morgan fingerprint density at radius 1 is 0.395 bits per heavy atom. The van der Waals surface area contributed by atoms with Gasteiger partial charge in [-0.05, 0) is 36.8 Å². The number of nitrogens with zero attached hydrogens (tertiary/aromatic N) is 2. The van der Waals surface area contributed by atoms with Crippen LogP contribution in [0.5, 0.6) is 0 Å². The predicted octanol–water partition coefficient (Wildman–Crippen LogP) is 11.9. The average molecular weight is 521 g/mol. The summed E-state index contributed by atoms with van der Waals surface area (Å²) in [6.45, 7) is 4.58. The van der Waals surface area contributed by atoms with Crippen molar-refractivity contribution in [3.05, 3.63) is 47.8 Å². The summed E-state index contributed by atoms with van der Waals surface area (Å²) in [5.41, 5.74) is 3.85. The van der Waals surface area contributed by atoms with Gasteiger partial charge < -0.3 is 0 Å². The first kappa shape index (κ1) is 32.5. The highest BCUT2D eigenvalue weighted by molar-refractivity contribution is 5.55. The number of hydrogen-bond donors (Lipinski definition) is 0. The van der Waals surface area contributed by atoms with Crippen molar-refractivity contribution in [3.8, 4) is 11.4 Å². The summed E-state index contributed by atoms with van der Waals surface area (Å²) in [6, 6.07) is 8.95. The standard InChI is InChI=1S/C36H60N2/c1-3-5-7-9-11-13-15-17-19-21-23-25-33-27-29-35(30-28-33)36-37-31-34(32-38-36)26-24-22-20-18-16-14-12-10-8-6-4-2/h27-32H,3-26H2,1-2H3. The summed E-state index contributed by atoms with van der Waals surface area (Å²) in [5, 5.41) is 0. The van der Waals surface area contributed by atoms with Crippen LogP contribution in [0.1, 0.15) is 166 Å². The zero-order valence-corrected chi connectivity index (χ0v) is 25.3. The summed E-state index contributed by atoms with van der Waals surface area (Å²) in [7, 11) is 0. The third kappa shape index (κ3) is 16.3. The number of rotatable bonds is 25. The Bertz CT molecular complexity index is 697. The highest BCUT2D eigenvalue weighted by atomic mass is 14.9. The van der Waals surface area contributed by atoms with Gasteiger partial charge in [0.15, 0.2) is 5.82 Å². The molecule has 0 aliphatic carbocycles. The van der Waals surface area contributed by atoms with Crippen LogP contribution in [0.3, 0.4) is 0 Å². The summed E-state index contributed by atoms with van der Waals surface area (Å²) < 4.78 is 0. The molecule has 1 aromatic heterocycles. The first-order chi connectivity index (χ1) is 18.8. The Labute approximate surface area is 236 Å². The van der Waals surface area contributed by atoms with Crippen molar-refractivity contribution in [1.82, 2.24) is 9.97 Å². The Morgan fingerprint density at radius 2 is 0.737 bits per heavy atom. The van der Waals surface area contributed by atoms with Gasteiger partial charge in [0.25, 0.3) is 0 Å². The molecule has 1 aromatic carbocycles. The van der Waals surface area contributed by atoms with Crippen LogP contribution in [-0.2, 0) is 12.8 Å². The number of hydrogen-bond acceptors (Lipinski definition) is 2. The van der Waals surface area contributed by atoms with Crippen LogP contribution in [0.15, 0.2) is 36.7 Å². The molecule has 2 rings (SSSR count). The van der Waals surface area contributed by atoms with E-state index in [0.29, 0.717) is 0 Å². The van der Waals surface area contributed by atoms with Gasteiger partial charge >= 0.3 is 0 Å². The summed E-state index contributed by atoms with van der Waals surface area (Å²) >= 11 is 0. The number of benzene rings is 1. The lowest BCUT2D eigenvalue weighted by atomic mass is 10.0. The summed E-state index contributed by atoms with van der Waals surface area (Å²) in [5.74, 6) is 0.855. The van der Waals surface area contributed by atoms with E-state index in [1.165, 1.54) is 159 Å². The monoisotopic (exact) mass is 520 g/mol. The molecule has 1 heterocycles. The van der Waals surface area contributed by atoms with E-state index < -0.39 is 0 Å². The minimum atomic E-state index is 0.855. The smallest absolute Gasteiger partial charge is 0.159 e. The maximum Gasteiger partial charge on any atom is 0.159 e. The maximum atomic E-state index is 4.67. The largest absolute Gasteiger partial charge is 0.236 e. The maximum absolute atomic E-state index is 4.67. The fraction of sp³-hybridized carbons (Fsp3) is 0.722. The minimum absolute atomic E-state index is 0.855. The van der Waals surface area contributed by atoms with Gasteiger partial charge in [-0.25, -0.2) is 9.97 Å². The van der Waals surface area contributed by atoms with Gasteiger partial charge in [-0.3, -0.25) is 0 Å². The van der Waals surface area contributed by atoms with Crippen molar-refractivity contribution in [2.24, 2.45) is 0 Å². The molecule has 0 saturated heterocycles. The highest BCUT2D eigenvalue weighted by Crippen LogP contribution is 2.18. The highest BCUT2D eigenvalue weighted by Gasteiger charge is 2.03. The van der Waals surface area contributed by atoms with E-state index in [-0.39, 0.29) is 0 Å². The van der Waals surface area contributed by atoms with Crippen LogP contribution in [0, 0.1) is 0 Å². The third-order valence-corrected chi connectivity index (χ3v) is 8.06. The van der Waals surface area contributed by atoms with Gasteiger partial charge in [0.1, 0.15) is 0 Å². The molecule has 38 heavy (non-hydrogen) atoms. The van der Waals surface area contributed by atoms with Crippen molar-refractivity contribution in [1.29, 1.82) is 0 Å².